The normalized spacial score (nSPS) is 14.2. The van der Waals surface area contributed by atoms with E-state index in [0.29, 0.717) is 40.5 Å². The number of aromatic amines is 1. The molecule has 0 aliphatic carbocycles. The van der Waals surface area contributed by atoms with Gasteiger partial charge >= 0.3 is 0 Å². The Morgan fingerprint density at radius 1 is 1.24 bits per heavy atom. The monoisotopic (exact) mass is 322 g/mol. The van der Waals surface area contributed by atoms with Crippen LogP contribution in [0.1, 0.15) is 10.5 Å². The number of H-pyrrole nitrogens is 1. The van der Waals surface area contributed by atoms with Gasteiger partial charge in [0, 0.05) is 12.7 Å². The third kappa shape index (κ3) is 2.75. The molecule has 0 saturated carbocycles. The van der Waals surface area contributed by atoms with E-state index < -0.39 is 0 Å². The number of para-hydroxylation sites is 1. The number of anilines is 1. The van der Waals surface area contributed by atoms with Gasteiger partial charge in [0.2, 0.25) is 5.96 Å². The number of hydrogen-bond donors (Lipinski definition) is 2. The van der Waals surface area contributed by atoms with E-state index in [4.69, 9.17) is 23.2 Å². The van der Waals surface area contributed by atoms with Crippen molar-refractivity contribution in [2.45, 2.75) is 0 Å². The summed E-state index contributed by atoms with van der Waals surface area (Å²) in [5, 5.41) is 4.00. The molecule has 1 aromatic heterocycles. The van der Waals surface area contributed by atoms with E-state index >= 15 is 0 Å². The van der Waals surface area contributed by atoms with Crippen molar-refractivity contribution in [3.63, 3.8) is 0 Å². The molecule has 1 aromatic carbocycles. The highest BCUT2D eigenvalue weighted by molar-refractivity contribution is 6.39. The van der Waals surface area contributed by atoms with Crippen LogP contribution in [-0.2, 0) is 0 Å². The maximum absolute atomic E-state index is 12.4. The number of carbonyl (C=O) groups excluding carboxylic acids is 1. The molecule has 0 fully saturated rings. The highest BCUT2D eigenvalue weighted by Crippen LogP contribution is 2.30. The van der Waals surface area contributed by atoms with Crippen molar-refractivity contribution >= 4 is 40.8 Å². The van der Waals surface area contributed by atoms with Crippen LogP contribution >= 0.6 is 23.2 Å². The van der Waals surface area contributed by atoms with Crippen LogP contribution in [0, 0.1) is 0 Å². The summed E-state index contributed by atoms with van der Waals surface area (Å²) in [6, 6.07) is 8.71. The Kier molecular flexibility index (Phi) is 3.86. The fourth-order valence-electron chi connectivity index (χ4n) is 2.09. The zero-order valence-electron chi connectivity index (χ0n) is 10.9. The number of nitrogens with one attached hydrogen (secondary N) is 2. The molecule has 2 heterocycles. The molecular weight excluding hydrogens is 311 g/mol. The summed E-state index contributed by atoms with van der Waals surface area (Å²) in [7, 11) is 0. The minimum absolute atomic E-state index is 0.146. The summed E-state index contributed by atoms with van der Waals surface area (Å²) < 4.78 is 0. The summed E-state index contributed by atoms with van der Waals surface area (Å²) in [4.78, 5) is 21.1. The van der Waals surface area contributed by atoms with Gasteiger partial charge in [-0.05, 0) is 24.3 Å². The second-order valence-corrected chi connectivity index (χ2v) is 5.28. The summed E-state index contributed by atoms with van der Waals surface area (Å²) in [5.74, 6) is 0.302. The zero-order valence-corrected chi connectivity index (χ0v) is 12.4. The largest absolute Gasteiger partial charge is 0.357 e. The Labute approximate surface area is 131 Å². The SMILES string of the molecule is O=C(c1ccc[nH]1)N1CCN=C1Nc1c(Cl)cccc1Cl. The quantitative estimate of drug-likeness (QED) is 0.891. The Balaban J connectivity index is 1.84. The maximum atomic E-state index is 12.4. The number of aliphatic imine (C=N–C) groups is 1. The molecule has 3 rings (SSSR count). The highest BCUT2D eigenvalue weighted by atomic mass is 35.5. The average Bonchev–Trinajstić information content (AvgIpc) is 3.13. The zero-order chi connectivity index (χ0) is 14.8. The number of nitrogens with zero attached hydrogens (tertiary/aromatic N) is 2. The van der Waals surface area contributed by atoms with E-state index in [1.54, 1.807) is 41.4 Å². The number of amides is 1. The molecule has 0 saturated heterocycles. The van der Waals surface area contributed by atoms with Gasteiger partial charge in [0.05, 0.1) is 22.3 Å². The molecule has 21 heavy (non-hydrogen) atoms. The summed E-state index contributed by atoms with van der Waals surface area (Å²) in [6.07, 6.45) is 1.71. The van der Waals surface area contributed by atoms with E-state index in [0.717, 1.165) is 0 Å². The summed E-state index contributed by atoms with van der Waals surface area (Å²) in [5.41, 5.74) is 1.06. The van der Waals surface area contributed by atoms with E-state index in [-0.39, 0.29) is 5.91 Å². The van der Waals surface area contributed by atoms with Crippen molar-refractivity contribution in [2.24, 2.45) is 4.99 Å². The lowest BCUT2D eigenvalue weighted by molar-refractivity contribution is 0.0853. The van der Waals surface area contributed by atoms with Crippen LogP contribution in [0.4, 0.5) is 5.69 Å². The van der Waals surface area contributed by atoms with E-state index in [9.17, 15) is 4.79 Å². The molecule has 1 amide bonds. The average molecular weight is 323 g/mol. The first-order valence-corrected chi connectivity index (χ1v) is 7.13. The van der Waals surface area contributed by atoms with Gasteiger partial charge in [-0.3, -0.25) is 14.7 Å². The van der Waals surface area contributed by atoms with Gasteiger partial charge in [-0.2, -0.15) is 0 Å². The lowest BCUT2D eigenvalue weighted by Gasteiger charge is -2.19. The van der Waals surface area contributed by atoms with E-state index in [1.165, 1.54) is 0 Å². The molecule has 0 unspecified atom stereocenters. The maximum Gasteiger partial charge on any atom is 0.277 e. The molecule has 2 aromatic rings. The first-order chi connectivity index (χ1) is 10.2. The molecule has 0 atom stereocenters. The van der Waals surface area contributed by atoms with Crippen molar-refractivity contribution in [3.05, 3.63) is 52.3 Å². The summed E-state index contributed by atoms with van der Waals surface area (Å²) in [6.45, 7) is 1.05. The second-order valence-electron chi connectivity index (χ2n) is 4.47. The Morgan fingerprint density at radius 3 is 2.67 bits per heavy atom. The van der Waals surface area contributed by atoms with E-state index in [2.05, 4.69) is 15.3 Å². The first kappa shape index (κ1) is 14.0. The number of hydrogen-bond acceptors (Lipinski definition) is 3. The highest BCUT2D eigenvalue weighted by Gasteiger charge is 2.26. The van der Waals surface area contributed by atoms with Crippen LogP contribution in [0.25, 0.3) is 0 Å². The topological polar surface area (TPSA) is 60.5 Å². The molecule has 1 aliphatic heterocycles. The van der Waals surface area contributed by atoms with Crippen LogP contribution in [0.15, 0.2) is 41.5 Å². The fraction of sp³-hybridized carbons (Fsp3) is 0.143. The molecule has 7 heteroatoms. The van der Waals surface area contributed by atoms with Gasteiger partial charge in [0.15, 0.2) is 0 Å². The third-order valence-electron chi connectivity index (χ3n) is 3.11. The molecule has 1 aliphatic rings. The number of rotatable bonds is 2. The predicted molar refractivity (Wildman–Crippen MR) is 84.2 cm³/mol. The van der Waals surface area contributed by atoms with Crippen molar-refractivity contribution in [2.75, 3.05) is 18.4 Å². The predicted octanol–water partition coefficient (Wildman–Crippen LogP) is 3.25. The van der Waals surface area contributed by atoms with Gasteiger partial charge in [-0.1, -0.05) is 29.3 Å². The Bertz CT molecular complexity index is 677. The van der Waals surface area contributed by atoms with Crippen molar-refractivity contribution in [1.29, 1.82) is 0 Å². The minimum atomic E-state index is -0.146. The van der Waals surface area contributed by atoms with Crippen LogP contribution < -0.4 is 5.32 Å². The fourth-order valence-corrected chi connectivity index (χ4v) is 2.58. The number of guanidine groups is 1. The summed E-state index contributed by atoms with van der Waals surface area (Å²) >= 11 is 12.2. The minimum Gasteiger partial charge on any atom is -0.357 e. The van der Waals surface area contributed by atoms with Gasteiger partial charge in [0.25, 0.3) is 5.91 Å². The second kappa shape index (κ2) is 5.79. The number of halogens is 2. The van der Waals surface area contributed by atoms with Crippen LogP contribution in [-0.4, -0.2) is 34.8 Å². The lowest BCUT2D eigenvalue weighted by atomic mass is 10.3. The number of benzene rings is 1. The van der Waals surface area contributed by atoms with Gasteiger partial charge in [-0.15, -0.1) is 0 Å². The smallest absolute Gasteiger partial charge is 0.277 e. The van der Waals surface area contributed by atoms with Crippen LogP contribution in [0.2, 0.25) is 10.0 Å². The molecule has 0 radical (unpaired) electrons. The Hall–Kier alpha value is -1.98. The van der Waals surface area contributed by atoms with Crippen LogP contribution in [0.5, 0.6) is 0 Å². The first-order valence-electron chi connectivity index (χ1n) is 6.37. The van der Waals surface area contributed by atoms with Crippen LogP contribution in [0.3, 0.4) is 0 Å². The molecule has 2 N–H and O–H groups in total. The number of aromatic nitrogens is 1. The lowest BCUT2D eigenvalue weighted by Crippen LogP contribution is -2.38. The van der Waals surface area contributed by atoms with Gasteiger partial charge in [-0.25, -0.2) is 0 Å². The molecule has 5 nitrogen and oxygen atoms in total. The van der Waals surface area contributed by atoms with Gasteiger partial charge < -0.3 is 10.3 Å². The van der Waals surface area contributed by atoms with Crippen molar-refractivity contribution in [3.8, 4) is 0 Å². The third-order valence-corrected chi connectivity index (χ3v) is 3.74. The standard InChI is InChI=1S/C14H12Cl2N4O/c15-9-3-1-4-10(16)12(9)19-14-18-7-8-20(14)13(21)11-5-2-6-17-11/h1-6,17H,7-8H2,(H,18,19). The van der Waals surface area contributed by atoms with Gasteiger partial charge in [0.1, 0.15) is 5.69 Å². The molecule has 108 valence electrons. The van der Waals surface area contributed by atoms with Crippen molar-refractivity contribution in [1.82, 2.24) is 9.88 Å². The number of carbonyl (C=O) groups is 1. The molecule has 0 bridgehead atoms. The molecule has 0 spiro atoms. The van der Waals surface area contributed by atoms with E-state index in [1.807, 2.05) is 0 Å². The Morgan fingerprint density at radius 2 is 2.00 bits per heavy atom. The van der Waals surface area contributed by atoms with Crippen molar-refractivity contribution < 1.29 is 4.79 Å². The molecular formula is C14H12Cl2N4O.